The molecule has 0 amide bonds. The van der Waals surface area contributed by atoms with Crippen molar-refractivity contribution >= 4 is 27.2 Å². The highest BCUT2D eigenvalue weighted by atomic mass is 32.1. The van der Waals surface area contributed by atoms with E-state index in [9.17, 15) is 4.39 Å². The molecule has 0 unspecified atom stereocenters. The molecular formula is C9H9FN2S. The van der Waals surface area contributed by atoms with Gasteiger partial charge in [0.05, 0.1) is 15.4 Å². The van der Waals surface area contributed by atoms with Crippen molar-refractivity contribution in [1.82, 2.24) is 4.98 Å². The van der Waals surface area contributed by atoms with Gasteiger partial charge in [0, 0.05) is 7.05 Å². The normalized spacial score (nSPS) is 10.7. The second kappa shape index (κ2) is 2.96. The quantitative estimate of drug-likeness (QED) is 0.758. The first kappa shape index (κ1) is 8.44. The molecule has 0 saturated heterocycles. The van der Waals surface area contributed by atoms with Gasteiger partial charge in [-0.15, -0.1) is 11.3 Å². The SMILES string of the molecule is CNc1cc(F)cc2sc(C)nc12. The molecule has 2 aromatic rings. The van der Waals surface area contributed by atoms with Gasteiger partial charge >= 0.3 is 0 Å². The lowest BCUT2D eigenvalue weighted by Crippen LogP contribution is -1.90. The van der Waals surface area contributed by atoms with Gasteiger partial charge in [0.15, 0.2) is 0 Å². The lowest BCUT2D eigenvalue weighted by Gasteiger charge is -2.00. The van der Waals surface area contributed by atoms with Crippen LogP contribution in [0.25, 0.3) is 10.2 Å². The molecule has 1 aromatic heterocycles. The molecule has 0 atom stereocenters. The van der Waals surface area contributed by atoms with Crippen molar-refractivity contribution in [3.8, 4) is 0 Å². The average molecular weight is 196 g/mol. The molecule has 1 heterocycles. The highest BCUT2D eigenvalue weighted by Crippen LogP contribution is 2.28. The van der Waals surface area contributed by atoms with Crippen molar-refractivity contribution in [2.24, 2.45) is 0 Å². The van der Waals surface area contributed by atoms with Crippen molar-refractivity contribution in [2.45, 2.75) is 6.92 Å². The lowest BCUT2D eigenvalue weighted by atomic mass is 10.3. The van der Waals surface area contributed by atoms with Gasteiger partial charge in [0.1, 0.15) is 11.3 Å². The summed E-state index contributed by atoms with van der Waals surface area (Å²) in [5, 5.41) is 3.88. The monoisotopic (exact) mass is 196 g/mol. The van der Waals surface area contributed by atoms with Crippen LogP contribution in [-0.4, -0.2) is 12.0 Å². The van der Waals surface area contributed by atoms with Crippen LogP contribution in [0.3, 0.4) is 0 Å². The van der Waals surface area contributed by atoms with Crippen LogP contribution >= 0.6 is 11.3 Å². The summed E-state index contributed by atoms with van der Waals surface area (Å²) in [5.41, 5.74) is 1.60. The summed E-state index contributed by atoms with van der Waals surface area (Å²) < 4.78 is 13.9. The molecular weight excluding hydrogens is 187 g/mol. The maximum Gasteiger partial charge on any atom is 0.126 e. The van der Waals surface area contributed by atoms with E-state index in [4.69, 9.17) is 0 Å². The first-order chi connectivity index (χ1) is 6.20. The van der Waals surface area contributed by atoms with Crippen LogP contribution in [0, 0.1) is 12.7 Å². The number of hydrogen-bond donors (Lipinski definition) is 1. The molecule has 68 valence electrons. The number of nitrogens with zero attached hydrogens (tertiary/aromatic N) is 1. The Balaban J connectivity index is 2.80. The van der Waals surface area contributed by atoms with E-state index >= 15 is 0 Å². The van der Waals surface area contributed by atoms with E-state index < -0.39 is 0 Å². The van der Waals surface area contributed by atoms with Gasteiger partial charge in [0.2, 0.25) is 0 Å². The number of thiazole rings is 1. The number of anilines is 1. The van der Waals surface area contributed by atoms with E-state index in [0.29, 0.717) is 0 Å². The molecule has 0 aliphatic rings. The van der Waals surface area contributed by atoms with Crippen LogP contribution in [-0.2, 0) is 0 Å². The van der Waals surface area contributed by atoms with Crippen LogP contribution in [0.2, 0.25) is 0 Å². The fourth-order valence-corrected chi connectivity index (χ4v) is 2.18. The van der Waals surface area contributed by atoms with Crippen LogP contribution in [0.5, 0.6) is 0 Å². The summed E-state index contributed by atoms with van der Waals surface area (Å²) in [6.07, 6.45) is 0. The van der Waals surface area contributed by atoms with Crippen molar-refractivity contribution in [1.29, 1.82) is 0 Å². The number of nitrogens with one attached hydrogen (secondary N) is 1. The minimum Gasteiger partial charge on any atom is -0.386 e. The van der Waals surface area contributed by atoms with E-state index in [1.807, 2.05) is 6.92 Å². The Labute approximate surface area is 79.4 Å². The van der Waals surface area contributed by atoms with Crippen molar-refractivity contribution in [3.05, 3.63) is 23.0 Å². The van der Waals surface area contributed by atoms with E-state index in [2.05, 4.69) is 10.3 Å². The highest BCUT2D eigenvalue weighted by Gasteiger charge is 2.06. The molecule has 1 N–H and O–H groups in total. The summed E-state index contributed by atoms with van der Waals surface area (Å²) in [5.74, 6) is -0.222. The fraction of sp³-hybridized carbons (Fsp3) is 0.222. The third kappa shape index (κ3) is 1.37. The van der Waals surface area contributed by atoms with Crippen molar-refractivity contribution < 1.29 is 4.39 Å². The molecule has 2 rings (SSSR count). The van der Waals surface area contributed by atoms with Gasteiger partial charge < -0.3 is 5.32 Å². The second-order valence-electron chi connectivity index (χ2n) is 2.78. The Morgan fingerprint density at radius 2 is 2.23 bits per heavy atom. The molecule has 0 saturated carbocycles. The van der Waals surface area contributed by atoms with Gasteiger partial charge in [-0.2, -0.15) is 0 Å². The van der Waals surface area contributed by atoms with E-state index in [0.717, 1.165) is 20.9 Å². The zero-order valence-electron chi connectivity index (χ0n) is 7.39. The molecule has 0 fully saturated rings. The minimum absolute atomic E-state index is 0.222. The Morgan fingerprint density at radius 3 is 2.92 bits per heavy atom. The van der Waals surface area contributed by atoms with Crippen molar-refractivity contribution in [3.63, 3.8) is 0 Å². The number of benzene rings is 1. The van der Waals surface area contributed by atoms with Gasteiger partial charge in [-0.25, -0.2) is 9.37 Å². The molecule has 0 aliphatic heterocycles. The number of hydrogen-bond acceptors (Lipinski definition) is 3. The van der Waals surface area contributed by atoms with Gasteiger partial charge in [-0.1, -0.05) is 0 Å². The summed E-state index contributed by atoms with van der Waals surface area (Å²) >= 11 is 1.50. The Kier molecular flexibility index (Phi) is 1.92. The summed E-state index contributed by atoms with van der Waals surface area (Å²) in [6.45, 7) is 1.92. The molecule has 0 spiro atoms. The molecule has 0 bridgehead atoms. The molecule has 2 nitrogen and oxygen atoms in total. The zero-order chi connectivity index (χ0) is 9.42. The predicted molar refractivity (Wildman–Crippen MR) is 53.9 cm³/mol. The number of rotatable bonds is 1. The number of aryl methyl sites for hydroxylation is 1. The predicted octanol–water partition coefficient (Wildman–Crippen LogP) is 2.79. The summed E-state index contributed by atoms with van der Waals surface area (Å²) in [6, 6.07) is 2.97. The van der Waals surface area contributed by atoms with Crippen LogP contribution < -0.4 is 5.32 Å². The minimum atomic E-state index is -0.222. The summed E-state index contributed by atoms with van der Waals surface area (Å²) in [7, 11) is 1.77. The Bertz CT molecular complexity index is 450. The molecule has 0 aliphatic carbocycles. The van der Waals surface area contributed by atoms with Gasteiger partial charge in [0.25, 0.3) is 0 Å². The first-order valence-electron chi connectivity index (χ1n) is 3.95. The fourth-order valence-electron chi connectivity index (χ4n) is 1.30. The van der Waals surface area contributed by atoms with Gasteiger partial charge in [-0.3, -0.25) is 0 Å². The molecule has 1 aromatic carbocycles. The Hall–Kier alpha value is -1.16. The van der Waals surface area contributed by atoms with E-state index in [-0.39, 0.29) is 5.82 Å². The molecule has 13 heavy (non-hydrogen) atoms. The standard InChI is InChI=1S/C9H9FN2S/c1-5-12-9-7(11-2)3-6(10)4-8(9)13-5/h3-4,11H,1-2H3. The van der Waals surface area contributed by atoms with E-state index in [1.54, 1.807) is 7.05 Å². The maximum absolute atomic E-state index is 13.0. The topological polar surface area (TPSA) is 24.9 Å². The first-order valence-corrected chi connectivity index (χ1v) is 4.77. The molecule has 0 radical (unpaired) electrons. The number of halogens is 1. The third-order valence-electron chi connectivity index (χ3n) is 1.84. The van der Waals surface area contributed by atoms with Crippen molar-refractivity contribution in [2.75, 3.05) is 12.4 Å². The average Bonchev–Trinajstić information content (AvgIpc) is 2.43. The maximum atomic E-state index is 13.0. The van der Waals surface area contributed by atoms with Gasteiger partial charge in [-0.05, 0) is 19.1 Å². The Morgan fingerprint density at radius 1 is 1.46 bits per heavy atom. The van der Waals surface area contributed by atoms with Crippen LogP contribution in [0.4, 0.5) is 10.1 Å². The largest absolute Gasteiger partial charge is 0.386 e. The smallest absolute Gasteiger partial charge is 0.126 e. The lowest BCUT2D eigenvalue weighted by molar-refractivity contribution is 0.630. The second-order valence-corrected chi connectivity index (χ2v) is 4.02. The number of aromatic nitrogens is 1. The highest BCUT2D eigenvalue weighted by molar-refractivity contribution is 7.18. The zero-order valence-corrected chi connectivity index (χ0v) is 8.20. The number of fused-ring (bicyclic) bond motifs is 1. The third-order valence-corrected chi connectivity index (χ3v) is 2.75. The van der Waals surface area contributed by atoms with E-state index in [1.165, 1.54) is 23.5 Å². The summed E-state index contributed by atoms with van der Waals surface area (Å²) in [4.78, 5) is 4.31. The molecule has 4 heteroatoms. The van der Waals surface area contributed by atoms with Crippen LogP contribution in [0.15, 0.2) is 12.1 Å². The van der Waals surface area contributed by atoms with Crippen LogP contribution in [0.1, 0.15) is 5.01 Å².